The molecule has 1 aliphatic rings. The Morgan fingerprint density at radius 1 is 1.29 bits per heavy atom. The average molecular weight is 441 g/mol. The minimum absolute atomic E-state index is 0.0134. The number of amides is 1. The molecule has 0 saturated carbocycles. The maximum absolute atomic E-state index is 13.4. The number of halogens is 1. The molecular weight excluding hydrogens is 412 g/mol. The van der Waals surface area contributed by atoms with Gasteiger partial charge >= 0.3 is 0 Å². The molecule has 1 amide bonds. The molecule has 0 radical (unpaired) electrons. The number of aryl methyl sites for hydroxylation is 1. The molecule has 1 atom stereocenters. The molecule has 7 heteroatoms. The smallest absolute Gasteiger partial charge is 0.272 e. The lowest BCUT2D eigenvalue weighted by Gasteiger charge is -2.33. The summed E-state index contributed by atoms with van der Waals surface area (Å²) in [7, 11) is 1.84. The van der Waals surface area contributed by atoms with Gasteiger partial charge in [-0.25, -0.2) is 4.98 Å². The first-order chi connectivity index (χ1) is 14.9. The van der Waals surface area contributed by atoms with Crippen LogP contribution >= 0.6 is 11.6 Å². The van der Waals surface area contributed by atoms with Crippen LogP contribution in [0.5, 0.6) is 0 Å². The monoisotopic (exact) mass is 440 g/mol. The molecule has 3 heterocycles. The largest absolute Gasteiger partial charge is 0.443 e. The summed E-state index contributed by atoms with van der Waals surface area (Å²) in [5.74, 6) is 1.82. The molecule has 164 valence electrons. The molecule has 0 aliphatic carbocycles. The highest BCUT2D eigenvalue weighted by molar-refractivity contribution is 6.31. The Morgan fingerprint density at radius 2 is 2.10 bits per heavy atom. The van der Waals surface area contributed by atoms with E-state index in [1.807, 2.05) is 42.3 Å². The molecule has 1 aromatic carbocycles. The maximum Gasteiger partial charge on any atom is 0.272 e. The topological polar surface area (TPSA) is 64.2 Å². The number of nitrogens with zero attached hydrogens (tertiary/aromatic N) is 4. The van der Waals surface area contributed by atoms with Gasteiger partial charge in [0.25, 0.3) is 5.91 Å². The molecule has 0 spiro atoms. The van der Waals surface area contributed by atoms with Gasteiger partial charge in [-0.2, -0.15) is 5.10 Å². The fourth-order valence-electron chi connectivity index (χ4n) is 4.21. The van der Waals surface area contributed by atoms with Crippen LogP contribution in [0, 0.1) is 5.92 Å². The fraction of sp³-hybridized carbons (Fsp3) is 0.458. The summed E-state index contributed by atoms with van der Waals surface area (Å²) >= 11 is 6.29. The van der Waals surface area contributed by atoms with Crippen molar-refractivity contribution in [3.05, 3.63) is 70.2 Å². The standard InChI is InChI=1S/C24H29ClN4O2/c1-16(2)12-18-14-22(28(3)27-18)24(30)29-11-7-6-10-21(29)23-26-15-19(31-23)13-17-8-4-5-9-20(17)25/h4-5,8-9,14-16,21H,6-7,10-13H2,1-3H3/t21-/m0/s1. The Balaban J connectivity index is 1.54. The van der Waals surface area contributed by atoms with Crippen LogP contribution in [0.2, 0.25) is 5.02 Å². The Hall–Kier alpha value is -2.60. The number of hydrogen-bond acceptors (Lipinski definition) is 4. The van der Waals surface area contributed by atoms with Crippen LogP contribution in [0.4, 0.5) is 0 Å². The molecule has 1 saturated heterocycles. The average Bonchev–Trinajstić information content (AvgIpc) is 3.35. The first kappa shape index (κ1) is 21.6. The quantitative estimate of drug-likeness (QED) is 0.527. The number of piperidine rings is 1. The molecule has 31 heavy (non-hydrogen) atoms. The lowest BCUT2D eigenvalue weighted by molar-refractivity contribution is 0.0558. The van der Waals surface area contributed by atoms with Crippen LogP contribution in [0.15, 0.2) is 40.9 Å². The predicted molar refractivity (Wildman–Crippen MR) is 120 cm³/mol. The van der Waals surface area contributed by atoms with Gasteiger partial charge in [0.15, 0.2) is 0 Å². The van der Waals surface area contributed by atoms with Crippen LogP contribution in [-0.4, -0.2) is 32.1 Å². The van der Waals surface area contributed by atoms with E-state index < -0.39 is 0 Å². The van der Waals surface area contributed by atoms with Gasteiger partial charge in [0.1, 0.15) is 17.5 Å². The molecule has 4 rings (SSSR count). The second kappa shape index (κ2) is 9.27. The SMILES string of the molecule is CC(C)Cc1cc(C(=O)N2CCCC[C@H]2c2ncc(Cc3ccccc3Cl)o2)n(C)n1. The Morgan fingerprint density at radius 3 is 2.87 bits per heavy atom. The zero-order valence-electron chi connectivity index (χ0n) is 18.3. The zero-order valence-corrected chi connectivity index (χ0v) is 19.1. The summed E-state index contributed by atoms with van der Waals surface area (Å²) in [5, 5.41) is 5.25. The van der Waals surface area contributed by atoms with Crippen molar-refractivity contribution in [2.45, 2.75) is 52.0 Å². The van der Waals surface area contributed by atoms with E-state index in [2.05, 4.69) is 23.9 Å². The van der Waals surface area contributed by atoms with E-state index >= 15 is 0 Å². The number of hydrogen-bond donors (Lipinski definition) is 0. The molecule has 1 fully saturated rings. The van der Waals surface area contributed by atoms with E-state index in [-0.39, 0.29) is 11.9 Å². The zero-order chi connectivity index (χ0) is 22.0. The van der Waals surface area contributed by atoms with Crippen LogP contribution < -0.4 is 0 Å². The third-order valence-electron chi connectivity index (χ3n) is 5.71. The minimum Gasteiger partial charge on any atom is -0.443 e. The van der Waals surface area contributed by atoms with Gasteiger partial charge in [0.2, 0.25) is 5.89 Å². The van der Waals surface area contributed by atoms with Crippen molar-refractivity contribution in [3.63, 3.8) is 0 Å². The lowest BCUT2D eigenvalue weighted by atomic mass is 10.0. The first-order valence-electron chi connectivity index (χ1n) is 10.9. The van der Waals surface area contributed by atoms with Gasteiger partial charge in [-0.05, 0) is 49.3 Å². The molecule has 6 nitrogen and oxygen atoms in total. The summed E-state index contributed by atoms with van der Waals surface area (Å²) < 4.78 is 7.80. The van der Waals surface area contributed by atoms with Crippen molar-refractivity contribution in [3.8, 4) is 0 Å². The maximum atomic E-state index is 13.4. The summed E-state index contributed by atoms with van der Waals surface area (Å²) in [6.07, 6.45) is 6.05. The molecule has 3 aromatic rings. The van der Waals surface area contributed by atoms with Gasteiger partial charge in [-0.3, -0.25) is 9.48 Å². The first-order valence-corrected chi connectivity index (χ1v) is 11.3. The van der Waals surface area contributed by atoms with Crippen molar-refractivity contribution in [1.82, 2.24) is 19.7 Å². The van der Waals surface area contributed by atoms with E-state index in [0.29, 0.717) is 35.5 Å². The van der Waals surface area contributed by atoms with E-state index in [4.69, 9.17) is 16.0 Å². The van der Waals surface area contributed by atoms with Crippen molar-refractivity contribution >= 4 is 17.5 Å². The second-order valence-electron chi connectivity index (χ2n) is 8.69. The number of benzene rings is 1. The number of aromatic nitrogens is 3. The predicted octanol–water partition coefficient (Wildman–Crippen LogP) is 5.22. The molecule has 0 N–H and O–H groups in total. The third kappa shape index (κ3) is 4.85. The summed E-state index contributed by atoms with van der Waals surface area (Å²) in [4.78, 5) is 19.9. The summed E-state index contributed by atoms with van der Waals surface area (Å²) in [5.41, 5.74) is 2.56. The Bertz CT molecular complexity index is 1060. The Labute approximate surface area is 188 Å². The number of oxazole rings is 1. The molecule has 1 aliphatic heterocycles. The van der Waals surface area contributed by atoms with Gasteiger partial charge in [-0.1, -0.05) is 43.6 Å². The third-order valence-corrected chi connectivity index (χ3v) is 6.08. The van der Waals surface area contributed by atoms with Crippen molar-refractivity contribution in [2.75, 3.05) is 6.54 Å². The van der Waals surface area contributed by atoms with Gasteiger partial charge in [0.05, 0.1) is 11.9 Å². The highest BCUT2D eigenvalue weighted by Gasteiger charge is 2.33. The number of likely N-dealkylation sites (tertiary alicyclic amines) is 1. The lowest BCUT2D eigenvalue weighted by Crippen LogP contribution is -2.39. The van der Waals surface area contributed by atoms with Crippen molar-refractivity contribution in [2.24, 2.45) is 13.0 Å². The van der Waals surface area contributed by atoms with Gasteiger partial charge in [0, 0.05) is 25.0 Å². The Kier molecular flexibility index (Phi) is 6.46. The number of rotatable bonds is 6. The van der Waals surface area contributed by atoms with E-state index in [1.165, 1.54) is 0 Å². The van der Waals surface area contributed by atoms with E-state index in [0.717, 1.165) is 42.7 Å². The van der Waals surface area contributed by atoms with Crippen molar-refractivity contribution < 1.29 is 9.21 Å². The molecule has 0 bridgehead atoms. The number of carbonyl (C=O) groups is 1. The van der Waals surface area contributed by atoms with E-state index in [1.54, 1.807) is 10.9 Å². The summed E-state index contributed by atoms with van der Waals surface area (Å²) in [6.45, 7) is 5.00. The highest BCUT2D eigenvalue weighted by Crippen LogP contribution is 2.32. The van der Waals surface area contributed by atoms with Crippen molar-refractivity contribution in [1.29, 1.82) is 0 Å². The minimum atomic E-state index is -0.162. The van der Waals surface area contributed by atoms with Crippen LogP contribution in [0.3, 0.4) is 0 Å². The van der Waals surface area contributed by atoms with Gasteiger partial charge < -0.3 is 9.32 Å². The highest BCUT2D eigenvalue weighted by atomic mass is 35.5. The second-order valence-corrected chi connectivity index (χ2v) is 9.09. The molecular formula is C24H29ClN4O2. The van der Waals surface area contributed by atoms with Crippen LogP contribution in [0.1, 0.15) is 72.5 Å². The summed E-state index contributed by atoms with van der Waals surface area (Å²) in [6, 6.07) is 9.49. The van der Waals surface area contributed by atoms with Crippen LogP contribution in [0.25, 0.3) is 0 Å². The van der Waals surface area contributed by atoms with Gasteiger partial charge in [-0.15, -0.1) is 0 Å². The fourth-order valence-corrected chi connectivity index (χ4v) is 4.41. The normalized spacial score (nSPS) is 16.8. The van der Waals surface area contributed by atoms with Crippen LogP contribution in [-0.2, 0) is 19.9 Å². The number of carbonyl (C=O) groups excluding carboxylic acids is 1. The molecule has 2 aromatic heterocycles. The molecule has 0 unspecified atom stereocenters. The van der Waals surface area contributed by atoms with E-state index in [9.17, 15) is 4.79 Å².